The number of rotatable bonds is 1. The van der Waals surface area contributed by atoms with Crippen LogP contribution in [0.3, 0.4) is 0 Å². The number of hydrogen-bond donors (Lipinski definition) is 1. The predicted octanol–water partition coefficient (Wildman–Crippen LogP) is 2.00. The lowest BCUT2D eigenvalue weighted by Crippen LogP contribution is -2.23. The maximum atomic E-state index is 5.58. The largest absolute Gasteiger partial charge is 0.375 e. The van der Waals surface area contributed by atoms with Crippen molar-refractivity contribution in [3.05, 3.63) is 35.4 Å². The van der Waals surface area contributed by atoms with Gasteiger partial charge in [0.05, 0.1) is 19.3 Å². The van der Waals surface area contributed by atoms with Crippen molar-refractivity contribution in [2.24, 2.45) is 0 Å². The molecule has 1 aliphatic heterocycles. The number of benzene rings is 1. The summed E-state index contributed by atoms with van der Waals surface area (Å²) in [4.78, 5) is 2.71. The second-order valence-corrected chi connectivity index (χ2v) is 3.09. The summed E-state index contributed by atoms with van der Waals surface area (Å²) < 4.78 is 5.35. The minimum absolute atomic E-state index is 0.136. The van der Waals surface area contributed by atoms with E-state index in [-0.39, 0.29) is 6.04 Å². The summed E-state index contributed by atoms with van der Waals surface area (Å²) in [6.45, 7) is 1.35. The SMILES string of the molecule is ClN[C@H]1COCc2ccccc21. The molecule has 0 amide bonds. The molecule has 2 nitrogen and oxygen atoms in total. The molecule has 0 unspecified atom stereocenters. The Kier molecular flexibility index (Phi) is 2.30. The van der Waals surface area contributed by atoms with Gasteiger partial charge in [0, 0.05) is 0 Å². The van der Waals surface area contributed by atoms with Crippen molar-refractivity contribution in [2.45, 2.75) is 12.6 Å². The van der Waals surface area contributed by atoms with Crippen LogP contribution < -0.4 is 4.84 Å². The lowest BCUT2D eigenvalue weighted by molar-refractivity contribution is 0.0885. The van der Waals surface area contributed by atoms with Gasteiger partial charge in [-0.2, -0.15) is 0 Å². The van der Waals surface area contributed by atoms with Crippen LogP contribution in [-0.2, 0) is 11.3 Å². The molecule has 0 aliphatic carbocycles. The van der Waals surface area contributed by atoms with Gasteiger partial charge in [-0.1, -0.05) is 24.3 Å². The average Bonchev–Trinajstić information content (AvgIpc) is 2.17. The number of ether oxygens (including phenoxy) is 1. The first-order valence-electron chi connectivity index (χ1n) is 3.93. The van der Waals surface area contributed by atoms with E-state index in [1.54, 1.807) is 0 Å². The minimum Gasteiger partial charge on any atom is -0.375 e. The number of nitrogens with one attached hydrogen (secondary N) is 1. The van der Waals surface area contributed by atoms with E-state index in [9.17, 15) is 0 Å². The highest BCUT2D eigenvalue weighted by Gasteiger charge is 2.18. The van der Waals surface area contributed by atoms with Crippen molar-refractivity contribution >= 4 is 11.8 Å². The molecule has 1 atom stereocenters. The zero-order valence-electron chi connectivity index (χ0n) is 6.59. The van der Waals surface area contributed by atoms with Gasteiger partial charge >= 0.3 is 0 Å². The van der Waals surface area contributed by atoms with Gasteiger partial charge < -0.3 is 4.74 Å². The second-order valence-electron chi connectivity index (χ2n) is 2.88. The van der Waals surface area contributed by atoms with Crippen LogP contribution in [0.1, 0.15) is 17.2 Å². The van der Waals surface area contributed by atoms with Crippen LogP contribution in [0.4, 0.5) is 0 Å². The van der Waals surface area contributed by atoms with Gasteiger partial charge in [-0.25, -0.2) is 4.84 Å². The monoisotopic (exact) mass is 183 g/mol. The van der Waals surface area contributed by atoms with Gasteiger partial charge in [-0.3, -0.25) is 0 Å². The van der Waals surface area contributed by atoms with Crippen LogP contribution >= 0.6 is 11.8 Å². The lowest BCUT2D eigenvalue weighted by Gasteiger charge is -2.23. The summed E-state index contributed by atoms with van der Waals surface area (Å²) in [5.74, 6) is 0. The molecule has 1 N–H and O–H groups in total. The molecule has 0 fully saturated rings. The predicted molar refractivity (Wildman–Crippen MR) is 47.8 cm³/mol. The quantitative estimate of drug-likeness (QED) is 0.673. The summed E-state index contributed by atoms with van der Waals surface area (Å²) in [5.41, 5.74) is 2.47. The van der Waals surface area contributed by atoms with Crippen molar-refractivity contribution in [1.82, 2.24) is 4.84 Å². The zero-order chi connectivity index (χ0) is 8.39. The molecule has 0 saturated carbocycles. The molecule has 1 heterocycles. The van der Waals surface area contributed by atoms with E-state index in [0.717, 1.165) is 0 Å². The Morgan fingerprint density at radius 1 is 1.42 bits per heavy atom. The van der Waals surface area contributed by atoms with Crippen LogP contribution in [0.5, 0.6) is 0 Å². The number of fused-ring (bicyclic) bond motifs is 1. The van der Waals surface area contributed by atoms with Gasteiger partial charge in [0.25, 0.3) is 0 Å². The van der Waals surface area contributed by atoms with Crippen LogP contribution in [0.2, 0.25) is 0 Å². The third kappa shape index (κ3) is 1.33. The first-order chi connectivity index (χ1) is 5.92. The Bertz CT molecular complexity index is 277. The summed E-state index contributed by atoms with van der Waals surface area (Å²) >= 11 is 5.58. The second kappa shape index (κ2) is 3.44. The fourth-order valence-electron chi connectivity index (χ4n) is 1.47. The highest BCUT2D eigenvalue weighted by Crippen LogP contribution is 2.24. The van der Waals surface area contributed by atoms with Crippen molar-refractivity contribution in [1.29, 1.82) is 0 Å². The van der Waals surface area contributed by atoms with Crippen molar-refractivity contribution < 1.29 is 4.74 Å². The van der Waals surface area contributed by atoms with Gasteiger partial charge in [0.2, 0.25) is 0 Å². The Hall–Kier alpha value is -0.570. The molecule has 0 radical (unpaired) electrons. The van der Waals surface area contributed by atoms with Gasteiger partial charge in [0.15, 0.2) is 0 Å². The topological polar surface area (TPSA) is 21.3 Å². The molecule has 0 spiro atoms. The van der Waals surface area contributed by atoms with Crippen LogP contribution in [0.25, 0.3) is 0 Å². The lowest BCUT2D eigenvalue weighted by atomic mass is 10.0. The van der Waals surface area contributed by atoms with E-state index in [1.807, 2.05) is 12.1 Å². The zero-order valence-corrected chi connectivity index (χ0v) is 7.34. The van der Waals surface area contributed by atoms with Gasteiger partial charge in [-0.15, -0.1) is 0 Å². The highest BCUT2D eigenvalue weighted by molar-refractivity contribution is 6.13. The van der Waals surface area contributed by atoms with Crippen molar-refractivity contribution in [2.75, 3.05) is 6.61 Å². The van der Waals surface area contributed by atoms with Gasteiger partial charge in [-0.05, 0) is 22.9 Å². The van der Waals surface area contributed by atoms with E-state index in [1.165, 1.54) is 11.1 Å². The Balaban J connectivity index is 2.37. The van der Waals surface area contributed by atoms with Crippen LogP contribution in [-0.4, -0.2) is 6.61 Å². The Labute approximate surface area is 76.6 Å². The summed E-state index contributed by atoms with van der Waals surface area (Å²) in [5, 5.41) is 0. The van der Waals surface area contributed by atoms with Crippen LogP contribution in [0.15, 0.2) is 24.3 Å². The number of hydrogen-bond acceptors (Lipinski definition) is 2. The molecule has 2 rings (SSSR count). The first kappa shape index (κ1) is 8.05. The van der Waals surface area contributed by atoms with E-state index >= 15 is 0 Å². The Morgan fingerprint density at radius 3 is 3.08 bits per heavy atom. The average molecular weight is 184 g/mol. The normalized spacial score (nSPS) is 21.9. The molecule has 12 heavy (non-hydrogen) atoms. The molecule has 0 saturated heterocycles. The molecular weight excluding hydrogens is 174 g/mol. The third-order valence-electron chi connectivity index (χ3n) is 2.10. The first-order valence-corrected chi connectivity index (χ1v) is 4.31. The molecule has 1 aromatic rings. The van der Waals surface area contributed by atoms with E-state index in [0.29, 0.717) is 13.2 Å². The van der Waals surface area contributed by atoms with Crippen molar-refractivity contribution in [3.8, 4) is 0 Å². The fraction of sp³-hybridized carbons (Fsp3) is 0.333. The Morgan fingerprint density at radius 2 is 2.25 bits per heavy atom. The fourth-order valence-corrected chi connectivity index (χ4v) is 1.65. The molecule has 1 aliphatic rings. The molecule has 1 aromatic carbocycles. The van der Waals surface area contributed by atoms with E-state index in [4.69, 9.17) is 16.5 Å². The summed E-state index contributed by atoms with van der Waals surface area (Å²) in [6, 6.07) is 8.31. The highest BCUT2D eigenvalue weighted by atomic mass is 35.5. The maximum absolute atomic E-state index is 5.58. The standard InChI is InChI=1S/C9H10ClNO/c10-11-9-6-12-5-7-3-1-2-4-8(7)9/h1-4,9,11H,5-6H2/t9-/m0/s1. The summed E-state index contributed by atoms with van der Waals surface area (Å²) in [6.07, 6.45) is 0. The smallest absolute Gasteiger partial charge is 0.0721 e. The molecule has 0 bridgehead atoms. The third-order valence-corrected chi connectivity index (χ3v) is 2.37. The van der Waals surface area contributed by atoms with E-state index in [2.05, 4.69) is 17.0 Å². The van der Waals surface area contributed by atoms with Gasteiger partial charge in [0.1, 0.15) is 0 Å². The van der Waals surface area contributed by atoms with E-state index < -0.39 is 0 Å². The maximum Gasteiger partial charge on any atom is 0.0721 e. The molecule has 64 valence electrons. The summed E-state index contributed by atoms with van der Waals surface area (Å²) in [7, 11) is 0. The van der Waals surface area contributed by atoms with Crippen LogP contribution in [0, 0.1) is 0 Å². The molecule has 0 aromatic heterocycles. The molecule has 3 heteroatoms. The minimum atomic E-state index is 0.136. The number of halogens is 1. The molecular formula is C9H10ClNO. The van der Waals surface area contributed by atoms with Crippen molar-refractivity contribution in [3.63, 3.8) is 0 Å².